The molecule has 1 aromatic carbocycles. The van der Waals surface area contributed by atoms with Gasteiger partial charge in [0, 0.05) is 20.2 Å². The highest BCUT2D eigenvalue weighted by Crippen LogP contribution is 2.42. The molecule has 1 aliphatic rings. The van der Waals surface area contributed by atoms with Gasteiger partial charge in [0.15, 0.2) is 0 Å². The molecule has 0 aromatic heterocycles. The van der Waals surface area contributed by atoms with Gasteiger partial charge in [-0.1, -0.05) is 51.0 Å². The molecule has 0 radical (unpaired) electrons. The first-order valence-electron chi connectivity index (χ1n) is 8.41. The molecule has 0 heterocycles. The van der Waals surface area contributed by atoms with E-state index in [1.807, 2.05) is 0 Å². The minimum absolute atomic E-state index is 0.560. The van der Waals surface area contributed by atoms with Crippen molar-refractivity contribution in [1.29, 1.82) is 0 Å². The third-order valence-electron chi connectivity index (χ3n) is 4.67. The first kappa shape index (κ1) is 16.5. The fourth-order valence-corrected chi connectivity index (χ4v) is 3.84. The predicted molar refractivity (Wildman–Crippen MR) is 89.2 cm³/mol. The van der Waals surface area contributed by atoms with Crippen LogP contribution in [0.3, 0.4) is 0 Å². The van der Waals surface area contributed by atoms with E-state index in [1.165, 1.54) is 49.8 Å². The Morgan fingerprint density at radius 2 is 1.71 bits per heavy atom. The normalized spacial score (nSPS) is 17.5. The van der Waals surface area contributed by atoms with Crippen molar-refractivity contribution in [2.75, 3.05) is 13.7 Å². The van der Waals surface area contributed by atoms with Crippen LogP contribution in [0, 0.1) is 11.3 Å². The van der Waals surface area contributed by atoms with Gasteiger partial charge in [-0.25, -0.2) is 0 Å². The van der Waals surface area contributed by atoms with Crippen molar-refractivity contribution in [3.8, 4) is 0 Å². The van der Waals surface area contributed by atoms with E-state index in [-0.39, 0.29) is 0 Å². The molecule has 0 spiro atoms. The van der Waals surface area contributed by atoms with Crippen molar-refractivity contribution < 1.29 is 4.74 Å². The summed E-state index contributed by atoms with van der Waals surface area (Å²) < 4.78 is 5.15. The van der Waals surface area contributed by atoms with Crippen LogP contribution in [-0.2, 0) is 17.9 Å². The third-order valence-corrected chi connectivity index (χ3v) is 4.67. The van der Waals surface area contributed by atoms with Gasteiger partial charge in [0.25, 0.3) is 0 Å². The lowest BCUT2D eigenvalue weighted by Crippen LogP contribution is -2.33. The first-order valence-corrected chi connectivity index (χ1v) is 8.41. The Labute approximate surface area is 130 Å². The van der Waals surface area contributed by atoms with Gasteiger partial charge in [0.1, 0.15) is 0 Å². The minimum Gasteiger partial charge on any atom is -0.380 e. The summed E-state index contributed by atoms with van der Waals surface area (Å²) in [6, 6.07) is 8.76. The molecule has 1 fully saturated rings. The maximum atomic E-state index is 5.15. The highest BCUT2D eigenvalue weighted by atomic mass is 16.5. The van der Waals surface area contributed by atoms with Crippen molar-refractivity contribution in [3.63, 3.8) is 0 Å². The van der Waals surface area contributed by atoms with Gasteiger partial charge in [-0.15, -0.1) is 0 Å². The SMILES string of the molecule is COCc1ccc(CNCC2(CC(C)C)CCCC2)cc1. The molecule has 0 aliphatic heterocycles. The molecule has 1 aliphatic carbocycles. The Balaban J connectivity index is 1.81. The van der Waals surface area contributed by atoms with Crippen LogP contribution in [0.5, 0.6) is 0 Å². The molecule has 0 atom stereocenters. The molecule has 0 bridgehead atoms. The van der Waals surface area contributed by atoms with Crippen molar-refractivity contribution in [1.82, 2.24) is 5.32 Å². The van der Waals surface area contributed by atoms with E-state index in [0.29, 0.717) is 12.0 Å². The van der Waals surface area contributed by atoms with Gasteiger partial charge in [0.2, 0.25) is 0 Å². The molecular weight excluding hydrogens is 258 g/mol. The van der Waals surface area contributed by atoms with E-state index in [0.717, 1.165) is 12.5 Å². The molecular formula is C19H31NO. The highest BCUT2D eigenvalue weighted by Gasteiger charge is 2.33. The van der Waals surface area contributed by atoms with Crippen LogP contribution in [0.25, 0.3) is 0 Å². The Morgan fingerprint density at radius 1 is 1.10 bits per heavy atom. The molecule has 2 rings (SSSR count). The summed E-state index contributed by atoms with van der Waals surface area (Å²) in [4.78, 5) is 0. The van der Waals surface area contributed by atoms with Crippen molar-refractivity contribution >= 4 is 0 Å². The molecule has 0 saturated heterocycles. The van der Waals surface area contributed by atoms with Crippen LogP contribution in [0.4, 0.5) is 0 Å². The Morgan fingerprint density at radius 3 is 2.29 bits per heavy atom. The third kappa shape index (κ3) is 5.12. The number of rotatable bonds is 8. The summed E-state index contributed by atoms with van der Waals surface area (Å²) in [5.74, 6) is 0.804. The number of benzene rings is 1. The zero-order chi connectivity index (χ0) is 15.1. The summed E-state index contributed by atoms with van der Waals surface area (Å²) in [6.07, 6.45) is 7.02. The van der Waals surface area contributed by atoms with E-state index >= 15 is 0 Å². The summed E-state index contributed by atoms with van der Waals surface area (Å²) in [5.41, 5.74) is 3.17. The second kappa shape index (κ2) is 7.95. The number of nitrogens with one attached hydrogen (secondary N) is 1. The van der Waals surface area contributed by atoms with Gasteiger partial charge < -0.3 is 10.1 Å². The maximum Gasteiger partial charge on any atom is 0.0713 e. The smallest absolute Gasteiger partial charge is 0.0713 e. The lowest BCUT2D eigenvalue weighted by atomic mass is 9.78. The van der Waals surface area contributed by atoms with E-state index in [2.05, 4.69) is 43.4 Å². The summed E-state index contributed by atoms with van der Waals surface area (Å²) in [6.45, 7) is 7.56. The number of ether oxygens (including phenoxy) is 1. The fraction of sp³-hybridized carbons (Fsp3) is 0.684. The fourth-order valence-electron chi connectivity index (χ4n) is 3.84. The van der Waals surface area contributed by atoms with Gasteiger partial charge >= 0.3 is 0 Å². The van der Waals surface area contributed by atoms with Crippen LogP contribution < -0.4 is 5.32 Å². The van der Waals surface area contributed by atoms with Gasteiger partial charge in [0.05, 0.1) is 6.61 Å². The minimum atomic E-state index is 0.560. The Kier molecular flexibility index (Phi) is 6.25. The van der Waals surface area contributed by atoms with Crippen molar-refractivity contribution in [2.45, 2.75) is 59.1 Å². The molecule has 118 valence electrons. The molecule has 1 N–H and O–H groups in total. The molecule has 21 heavy (non-hydrogen) atoms. The van der Waals surface area contributed by atoms with Crippen LogP contribution in [0.15, 0.2) is 24.3 Å². The zero-order valence-electron chi connectivity index (χ0n) is 14.0. The van der Waals surface area contributed by atoms with Crippen LogP contribution in [0.2, 0.25) is 0 Å². The average molecular weight is 289 g/mol. The van der Waals surface area contributed by atoms with E-state index in [1.54, 1.807) is 7.11 Å². The van der Waals surface area contributed by atoms with Crippen molar-refractivity contribution in [3.05, 3.63) is 35.4 Å². The topological polar surface area (TPSA) is 21.3 Å². The zero-order valence-corrected chi connectivity index (χ0v) is 14.0. The van der Waals surface area contributed by atoms with Crippen LogP contribution in [-0.4, -0.2) is 13.7 Å². The van der Waals surface area contributed by atoms with Crippen LogP contribution in [0.1, 0.15) is 57.1 Å². The maximum absolute atomic E-state index is 5.15. The van der Waals surface area contributed by atoms with Gasteiger partial charge in [-0.2, -0.15) is 0 Å². The standard InChI is InChI=1S/C19H31NO/c1-16(2)12-19(10-4-5-11-19)15-20-13-17-6-8-18(9-7-17)14-21-3/h6-9,16,20H,4-5,10-15H2,1-3H3. The van der Waals surface area contributed by atoms with E-state index in [9.17, 15) is 0 Å². The van der Waals surface area contributed by atoms with E-state index < -0.39 is 0 Å². The summed E-state index contributed by atoms with van der Waals surface area (Å²) in [5, 5.41) is 3.71. The number of hydrogen-bond donors (Lipinski definition) is 1. The second-order valence-electron chi connectivity index (χ2n) is 7.16. The number of hydrogen-bond acceptors (Lipinski definition) is 2. The molecule has 2 nitrogen and oxygen atoms in total. The monoisotopic (exact) mass is 289 g/mol. The Hall–Kier alpha value is -0.860. The quantitative estimate of drug-likeness (QED) is 0.759. The summed E-state index contributed by atoms with van der Waals surface area (Å²) >= 11 is 0. The predicted octanol–water partition coefficient (Wildman–Crippen LogP) is 4.53. The average Bonchev–Trinajstić information content (AvgIpc) is 2.89. The second-order valence-corrected chi connectivity index (χ2v) is 7.16. The highest BCUT2D eigenvalue weighted by molar-refractivity contribution is 5.21. The Bertz CT molecular complexity index is 404. The van der Waals surface area contributed by atoms with Crippen molar-refractivity contribution in [2.24, 2.45) is 11.3 Å². The van der Waals surface area contributed by atoms with E-state index in [4.69, 9.17) is 4.74 Å². The lowest BCUT2D eigenvalue weighted by Gasteiger charge is -2.31. The molecule has 0 unspecified atom stereocenters. The first-order chi connectivity index (χ1) is 10.1. The number of methoxy groups -OCH3 is 1. The largest absolute Gasteiger partial charge is 0.380 e. The lowest BCUT2D eigenvalue weighted by molar-refractivity contribution is 0.185. The molecule has 2 heteroatoms. The molecule has 0 amide bonds. The van der Waals surface area contributed by atoms with Gasteiger partial charge in [-0.3, -0.25) is 0 Å². The molecule has 1 saturated carbocycles. The van der Waals surface area contributed by atoms with Crippen LogP contribution >= 0.6 is 0 Å². The summed E-state index contributed by atoms with van der Waals surface area (Å²) in [7, 11) is 1.74. The molecule has 1 aromatic rings. The van der Waals surface area contributed by atoms with Gasteiger partial charge in [-0.05, 0) is 41.7 Å².